The van der Waals surface area contributed by atoms with E-state index in [0.717, 1.165) is 18.5 Å². The van der Waals surface area contributed by atoms with Crippen LogP contribution in [0.1, 0.15) is 31.5 Å². The average molecular weight is 270 g/mol. The quantitative estimate of drug-likeness (QED) is 0.796. The van der Waals surface area contributed by atoms with Gasteiger partial charge in [0.1, 0.15) is 0 Å². The number of hydrogen-bond acceptors (Lipinski definition) is 2. The Hall–Kier alpha value is -1.61. The number of nitrogens with zero attached hydrogens (tertiary/aromatic N) is 1. The van der Waals surface area contributed by atoms with Crippen LogP contribution in [-0.4, -0.2) is 24.0 Å². The fraction of sp³-hybridized carbons (Fsp3) is 0.471. The van der Waals surface area contributed by atoms with Crippen molar-refractivity contribution in [3.63, 3.8) is 0 Å². The van der Waals surface area contributed by atoms with E-state index < -0.39 is 0 Å². The Morgan fingerprint density at radius 3 is 2.80 bits per heavy atom. The first-order valence-electron chi connectivity index (χ1n) is 7.23. The maximum absolute atomic E-state index is 11.7. The zero-order valence-electron chi connectivity index (χ0n) is 12.7. The second-order valence-corrected chi connectivity index (χ2v) is 6.21. The van der Waals surface area contributed by atoms with Crippen LogP contribution in [0.25, 0.3) is 0 Å². The molecular weight excluding hydrogens is 248 g/mol. The van der Waals surface area contributed by atoms with E-state index in [4.69, 9.17) is 0 Å². The standard InChI is InChI=1S/C17H22N2O/c1-5-13-12-8-11(2)10-17(13,19(3)4)14-6-7-16(20)18-15(14)9-12/h5-8,12H,9-10H2,1-4H3,(H,18,20). The van der Waals surface area contributed by atoms with E-state index in [9.17, 15) is 4.79 Å². The van der Waals surface area contributed by atoms with Gasteiger partial charge in [-0.2, -0.15) is 0 Å². The Bertz CT molecular complexity index is 666. The first-order chi connectivity index (χ1) is 9.49. The Morgan fingerprint density at radius 1 is 1.40 bits per heavy atom. The van der Waals surface area contributed by atoms with E-state index in [1.165, 1.54) is 16.7 Å². The van der Waals surface area contributed by atoms with Crippen molar-refractivity contribution >= 4 is 0 Å². The molecule has 2 aliphatic carbocycles. The van der Waals surface area contributed by atoms with Gasteiger partial charge in [0.05, 0.1) is 5.54 Å². The minimum atomic E-state index is -0.101. The highest BCUT2D eigenvalue weighted by molar-refractivity contribution is 5.49. The van der Waals surface area contributed by atoms with Crippen LogP contribution >= 0.6 is 0 Å². The molecule has 0 aliphatic heterocycles. The van der Waals surface area contributed by atoms with Crippen molar-refractivity contribution in [1.29, 1.82) is 0 Å². The lowest BCUT2D eigenvalue weighted by atomic mass is 9.62. The van der Waals surface area contributed by atoms with Crippen LogP contribution in [-0.2, 0) is 12.0 Å². The lowest BCUT2D eigenvalue weighted by molar-refractivity contribution is 0.162. The smallest absolute Gasteiger partial charge is 0.248 e. The third kappa shape index (κ3) is 1.66. The number of fused-ring (bicyclic) bond motifs is 4. The SMILES string of the molecule is CC=C1C2C=C(C)CC1(N(C)C)c1ccc(=O)[nH]c1C2. The zero-order valence-corrected chi connectivity index (χ0v) is 12.7. The Kier molecular flexibility index (Phi) is 2.98. The van der Waals surface area contributed by atoms with Gasteiger partial charge in [-0.15, -0.1) is 0 Å². The molecule has 3 nitrogen and oxygen atoms in total. The van der Waals surface area contributed by atoms with Gasteiger partial charge in [-0.3, -0.25) is 9.69 Å². The maximum atomic E-state index is 11.7. The largest absolute Gasteiger partial charge is 0.326 e. The van der Waals surface area contributed by atoms with Crippen molar-refractivity contribution in [3.05, 3.63) is 57.0 Å². The molecular formula is C17H22N2O. The van der Waals surface area contributed by atoms with E-state index in [1.807, 2.05) is 6.07 Å². The Morgan fingerprint density at radius 2 is 2.15 bits per heavy atom. The molecule has 106 valence electrons. The normalized spacial score (nSPS) is 30.4. The lowest BCUT2D eigenvalue weighted by Crippen LogP contribution is -2.50. The van der Waals surface area contributed by atoms with Crippen LogP contribution in [0.2, 0.25) is 0 Å². The van der Waals surface area contributed by atoms with Gasteiger partial charge >= 0.3 is 0 Å². The fourth-order valence-corrected chi connectivity index (χ4v) is 4.12. The predicted molar refractivity (Wildman–Crippen MR) is 81.8 cm³/mol. The molecule has 1 heterocycles. The first-order valence-corrected chi connectivity index (χ1v) is 7.23. The molecule has 2 atom stereocenters. The molecule has 3 heteroatoms. The number of H-pyrrole nitrogens is 1. The highest BCUT2D eigenvalue weighted by Gasteiger charge is 2.48. The monoisotopic (exact) mass is 270 g/mol. The third-order valence-electron chi connectivity index (χ3n) is 4.84. The number of nitrogens with one attached hydrogen (secondary N) is 1. The van der Waals surface area contributed by atoms with Gasteiger partial charge in [-0.1, -0.05) is 17.7 Å². The van der Waals surface area contributed by atoms with Gasteiger partial charge in [0.25, 0.3) is 0 Å². The van der Waals surface area contributed by atoms with Crippen LogP contribution in [0.4, 0.5) is 0 Å². The third-order valence-corrected chi connectivity index (χ3v) is 4.84. The van der Waals surface area contributed by atoms with Crippen molar-refractivity contribution in [1.82, 2.24) is 9.88 Å². The molecule has 20 heavy (non-hydrogen) atoms. The maximum Gasteiger partial charge on any atom is 0.248 e. The number of aromatic nitrogens is 1. The highest BCUT2D eigenvalue weighted by Crippen LogP contribution is 2.51. The topological polar surface area (TPSA) is 36.1 Å². The summed E-state index contributed by atoms with van der Waals surface area (Å²) < 4.78 is 0. The van der Waals surface area contributed by atoms with Gasteiger partial charge in [0, 0.05) is 17.7 Å². The van der Waals surface area contributed by atoms with E-state index in [0.29, 0.717) is 5.92 Å². The molecule has 0 fully saturated rings. The van der Waals surface area contributed by atoms with E-state index >= 15 is 0 Å². The lowest BCUT2D eigenvalue weighted by Gasteiger charge is -2.51. The summed E-state index contributed by atoms with van der Waals surface area (Å²) in [5.74, 6) is 0.404. The molecule has 2 aliphatic rings. The number of hydrogen-bond donors (Lipinski definition) is 1. The number of allylic oxidation sites excluding steroid dienone is 2. The van der Waals surface area contributed by atoms with Crippen LogP contribution < -0.4 is 5.56 Å². The number of likely N-dealkylation sites (N-methyl/N-ethyl adjacent to an activating group) is 1. The zero-order chi connectivity index (χ0) is 14.5. The van der Waals surface area contributed by atoms with E-state index in [2.05, 4.69) is 50.0 Å². The van der Waals surface area contributed by atoms with E-state index in [-0.39, 0.29) is 11.1 Å². The summed E-state index contributed by atoms with van der Waals surface area (Å²) in [4.78, 5) is 17.0. The molecule has 2 unspecified atom stereocenters. The molecule has 1 aromatic rings. The number of pyridine rings is 1. The van der Waals surface area contributed by atoms with Crippen molar-refractivity contribution in [2.24, 2.45) is 5.92 Å². The van der Waals surface area contributed by atoms with Crippen molar-refractivity contribution in [3.8, 4) is 0 Å². The van der Waals surface area contributed by atoms with Gasteiger partial charge in [-0.25, -0.2) is 0 Å². The molecule has 0 amide bonds. The van der Waals surface area contributed by atoms with Gasteiger partial charge < -0.3 is 4.98 Å². The molecule has 0 saturated carbocycles. The minimum Gasteiger partial charge on any atom is -0.326 e. The minimum absolute atomic E-state index is 0.000333. The van der Waals surface area contributed by atoms with Gasteiger partial charge in [0.15, 0.2) is 0 Å². The first kappa shape index (κ1) is 13.4. The van der Waals surface area contributed by atoms with Gasteiger partial charge in [-0.05, 0) is 58.0 Å². The molecule has 1 aromatic heterocycles. The van der Waals surface area contributed by atoms with Crippen molar-refractivity contribution in [2.45, 2.75) is 32.2 Å². The van der Waals surface area contributed by atoms with Crippen LogP contribution in [0, 0.1) is 5.92 Å². The van der Waals surface area contributed by atoms with Crippen molar-refractivity contribution in [2.75, 3.05) is 14.1 Å². The summed E-state index contributed by atoms with van der Waals surface area (Å²) in [6.07, 6.45) is 6.53. The molecule has 0 saturated heterocycles. The second-order valence-electron chi connectivity index (χ2n) is 6.21. The second kappa shape index (κ2) is 4.45. The molecule has 3 rings (SSSR count). The summed E-state index contributed by atoms with van der Waals surface area (Å²) in [5, 5.41) is 0. The summed E-state index contributed by atoms with van der Waals surface area (Å²) in [7, 11) is 4.28. The Balaban J connectivity index is 2.34. The van der Waals surface area contributed by atoms with Crippen molar-refractivity contribution < 1.29 is 0 Å². The van der Waals surface area contributed by atoms with Crippen LogP contribution in [0.3, 0.4) is 0 Å². The van der Waals surface area contributed by atoms with Crippen LogP contribution in [0.5, 0.6) is 0 Å². The number of aromatic amines is 1. The molecule has 0 spiro atoms. The Labute approximate surface area is 120 Å². The molecule has 2 bridgehead atoms. The molecule has 1 N–H and O–H groups in total. The van der Waals surface area contributed by atoms with Crippen LogP contribution in [0.15, 0.2) is 40.2 Å². The highest BCUT2D eigenvalue weighted by atomic mass is 16.1. The molecule has 0 radical (unpaired) electrons. The fourth-order valence-electron chi connectivity index (χ4n) is 4.12. The van der Waals surface area contributed by atoms with E-state index in [1.54, 1.807) is 6.07 Å². The van der Waals surface area contributed by atoms with Gasteiger partial charge in [0.2, 0.25) is 5.56 Å². The summed E-state index contributed by atoms with van der Waals surface area (Å²) in [5.41, 5.74) is 5.17. The summed E-state index contributed by atoms with van der Waals surface area (Å²) in [6, 6.07) is 3.68. The predicted octanol–water partition coefficient (Wildman–Crippen LogP) is 2.60. The number of rotatable bonds is 1. The summed E-state index contributed by atoms with van der Waals surface area (Å²) in [6.45, 7) is 4.35. The average Bonchev–Trinajstić information content (AvgIpc) is 2.36. The summed E-state index contributed by atoms with van der Waals surface area (Å²) >= 11 is 0. The molecule has 0 aromatic carbocycles.